The highest BCUT2D eigenvalue weighted by Crippen LogP contribution is 2.25. The van der Waals surface area contributed by atoms with Crippen LogP contribution in [0.5, 0.6) is 0 Å². The quantitative estimate of drug-likeness (QED) is 0.754. The van der Waals surface area contributed by atoms with Crippen LogP contribution < -0.4 is 0 Å². The molecule has 0 aromatic heterocycles. The molecule has 0 spiro atoms. The number of alkyl halides is 1. The fraction of sp³-hybridized carbons (Fsp3) is 0.462. The number of piperidine rings is 1. The van der Waals surface area contributed by atoms with E-state index < -0.39 is 0 Å². The van der Waals surface area contributed by atoms with E-state index in [2.05, 4.69) is 0 Å². The molecular formula is C13H14Cl3NO. The van der Waals surface area contributed by atoms with Crippen LogP contribution >= 0.6 is 34.8 Å². The van der Waals surface area contributed by atoms with E-state index in [9.17, 15) is 4.79 Å². The Hall–Kier alpha value is -0.440. The average molecular weight is 307 g/mol. The minimum Gasteiger partial charge on any atom is -0.338 e. The van der Waals surface area contributed by atoms with E-state index in [1.807, 2.05) is 4.90 Å². The van der Waals surface area contributed by atoms with Gasteiger partial charge >= 0.3 is 0 Å². The summed E-state index contributed by atoms with van der Waals surface area (Å²) < 4.78 is 0. The molecular weight excluding hydrogens is 293 g/mol. The first-order chi connectivity index (χ1) is 8.61. The van der Waals surface area contributed by atoms with Gasteiger partial charge in [-0.25, -0.2) is 0 Å². The number of likely N-dealkylation sites (tertiary alicyclic amines) is 1. The minimum atomic E-state index is -0.0357. The lowest BCUT2D eigenvalue weighted by Crippen LogP contribution is -2.40. The lowest BCUT2D eigenvalue weighted by molar-refractivity contribution is 0.0685. The lowest BCUT2D eigenvalue weighted by Gasteiger charge is -2.32. The van der Waals surface area contributed by atoms with E-state index in [1.165, 1.54) is 0 Å². The van der Waals surface area contributed by atoms with E-state index in [0.29, 0.717) is 34.0 Å². The van der Waals surface area contributed by atoms with Crippen molar-refractivity contribution >= 4 is 40.7 Å². The summed E-state index contributed by atoms with van der Waals surface area (Å²) in [5.41, 5.74) is 0.510. The fourth-order valence-electron chi connectivity index (χ4n) is 2.21. The van der Waals surface area contributed by atoms with Crippen LogP contribution in [-0.2, 0) is 0 Å². The number of rotatable bonds is 2. The number of carbonyl (C=O) groups excluding carboxylic acids is 1. The molecule has 18 heavy (non-hydrogen) atoms. The van der Waals surface area contributed by atoms with Crippen LogP contribution in [0.25, 0.3) is 0 Å². The normalized spacial score (nSPS) is 19.9. The van der Waals surface area contributed by atoms with Crippen molar-refractivity contribution in [1.82, 2.24) is 4.90 Å². The summed E-state index contributed by atoms with van der Waals surface area (Å²) in [5, 5.41) is 0.939. The molecule has 1 aliphatic rings. The second kappa shape index (κ2) is 6.14. The highest BCUT2D eigenvalue weighted by Gasteiger charge is 2.25. The molecule has 5 heteroatoms. The first kappa shape index (κ1) is 14.0. The Morgan fingerprint density at radius 1 is 1.39 bits per heavy atom. The third-order valence-corrected chi connectivity index (χ3v) is 4.17. The van der Waals surface area contributed by atoms with Gasteiger partial charge in [-0.15, -0.1) is 11.6 Å². The largest absolute Gasteiger partial charge is 0.338 e. The molecule has 2 rings (SSSR count). The topological polar surface area (TPSA) is 20.3 Å². The number of benzene rings is 1. The first-order valence-corrected chi connectivity index (χ1v) is 7.21. The molecule has 1 fully saturated rings. The average Bonchev–Trinajstić information content (AvgIpc) is 2.38. The molecule has 1 aliphatic heterocycles. The molecule has 1 amide bonds. The molecule has 0 radical (unpaired) electrons. The molecule has 1 atom stereocenters. The molecule has 0 saturated carbocycles. The summed E-state index contributed by atoms with van der Waals surface area (Å²) in [6.45, 7) is 1.48. The maximum atomic E-state index is 12.3. The van der Waals surface area contributed by atoms with Crippen LogP contribution in [0.1, 0.15) is 23.2 Å². The Bertz CT molecular complexity index is 450. The van der Waals surface area contributed by atoms with Gasteiger partial charge in [-0.1, -0.05) is 23.2 Å². The van der Waals surface area contributed by atoms with Gasteiger partial charge in [0.15, 0.2) is 0 Å². The molecule has 1 heterocycles. The van der Waals surface area contributed by atoms with E-state index >= 15 is 0 Å². The van der Waals surface area contributed by atoms with Gasteiger partial charge in [0.1, 0.15) is 0 Å². The Morgan fingerprint density at radius 2 is 2.17 bits per heavy atom. The Morgan fingerprint density at radius 3 is 2.83 bits per heavy atom. The van der Waals surface area contributed by atoms with E-state index in [0.717, 1.165) is 19.4 Å². The van der Waals surface area contributed by atoms with Gasteiger partial charge in [-0.05, 0) is 37.0 Å². The van der Waals surface area contributed by atoms with Crippen LogP contribution in [0.15, 0.2) is 18.2 Å². The number of hydrogen-bond acceptors (Lipinski definition) is 1. The molecule has 1 aromatic carbocycles. The maximum absolute atomic E-state index is 12.3. The van der Waals surface area contributed by atoms with Crippen molar-refractivity contribution in [3.63, 3.8) is 0 Å². The predicted molar refractivity (Wildman–Crippen MR) is 75.8 cm³/mol. The van der Waals surface area contributed by atoms with Crippen molar-refractivity contribution in [2.24, 2.45) is 5.92 Å². The van der Waals surface area contributed by atoms with Gasteiger partial charge in [0.25, 0.3) is 5.91 Å². The third kappa shape index (κ3) is 3.11. The molecule has 1 saturated heterocycles. The fourth-order valence-corrected chi connectivity index (χ4v) is 2.95. The second-order valence-electron chi connectivity index (χ2n) is 4.54. The van der Waals surface area contributed by atoms with Crippen LogP contribution in [-0.4, -0.2) is 29.8 Å². The zero-order chi connectivity index (χ0) is 13.1. The zero-order valence-corrected chi connectivity index (χ0v) is 12.1. The van der Waals surface area contributed by atoms with Gasteiger partial charge in [0, 0.05) is 24.0 Å². The third-order valence-electron chi connectivity index (χ3n) is 3.19. The van der Waals surface area contributed by atoms with Gasteiger partial charge in [0.2, 0.25) is 0 Å². The van der Waals surface area contributed by atoms with Crippen LogP contribution in [0.3, 0.4) is 0 Å². The van der Waals surface area contributed by atoms with Crippen molar-refractivity contribution in [3.8, 4) is 0 Å². The number of halogens is 3. The Kier molecular flexibility index (Phi) is 4.77. The van der Waals surface area contributed by atoms with Crippen LogP contribution in [0.4, 0.5) is 0 Å². The molecule has 98 valence electrons. The van der Waals surface area contributed by atoms with Gasteiger partial charge in [-0.2, -0.15) is 0 Å². The zero-order valence-electron chi connectivity index (χ0n) is 9.83. The number of carbonyl (C=O) groups is 1. The summed E-state index contributed by atoms with van der Waals surface area (Å²) in [6, 6.07) is 4.96. The molecule has 0 N–H and O–H groups in total. The SMILES string of the molecule is O=C(c1ccc(Cl)cc1Cl)N1CCCC(CCl)C1. The number of amides is 1. The van der Waals surface area contributed by atoms with Gasteiger partial charge in [0.05, 0.1) is 10.6 Å². The minimum absolute atomic E-state index is 0.0357. The summed E-state index contributed by atoms with van der Waals surface area (Å²) in [4.78, 5) is 14.2. The lowest BCUT2D eigenvalue weighted by atomic mass is 9.99. The molecule has 1 unspecified atom stereocenters. The highest BCUT2D eigenvalue weighted by atomic mass is 35.5. The molecule has 1 aromatic rings. The predicted octanol–water partition coefficient (Wildman–Crippen LogP) is 4.08. The molecule has 0 bridgehead atoms. The molecule has 2 nitrogen and oxygen atoms in total. The van der Waals surface area contributed by atoms with Crippen molar-refractivity contribution < 1.29 is 4.79 Å². The second-order valence-corrected chi connectivity index (χ2v) is 5.69. The van der Waals surface area contributed by atoms with Crippen LogP contribution in [0.2, 0.25) is 10.0 Å². The van der Waals surface area contributed by atoms with Crippen molar-refractivity contribution in [2.45, 2.75) is 12.8 Å². The van der Waals surface area contributed by atoms with Crippen molar-refractivity contribution in [3.05, 3.63) is 33.8 Å². The standard InChI is InChI=1S/C13H14Cl3NO/c14-7-9-2-1-5-17(8-9)13(18)11-4-3-10(15)6-12(11)16/h3-4,6,9H,1-2,5,7-8H2. The van der Waals surface area contributed by atoms with E-state index in [-0.39, 0.29) is 5.91 Å². The van der Waals surface area contributed by atoms with Gasteiger partial charge in [-0.3, -0.25) is 4.79 Å². The number of hydrogen-bond donors (Lipinski definition) is 0. The Labute approximate surface area is 122 Å². The monoisotopic (exact) mass is 305 g/mol. The molecule has 0 aliphatic carbocycles. The Balaban J connectivity index is 2.15. The van der Waals surface area contributed by atoms with E-state index in [4.69, 9.17) is 34.8 Å². The summed E-state index contributed by atoms with van der Waals surface area (Å²) >= 11 is 17.7. The van der Waals surface area contributed by atoms with E-state index in [1.54, 1.807) is 18.2 Å². The van der Waals surface area contributed by atoms with Crippen molar-refractivity contribution in [1.29, 1.82) is 0 Å². The van der Waals surface area contributed by atoms with Crippen molar-refractivity contribution in [2.75, 3.05) is 19.0 Å². The summed E-state index contributed by atoms with van der Waals surface area (Å²) in [5.74, 6) is 0.944. The van der Waals surface area contributed by atoms with Crippen LogP contribution in [0, 0.1) is 5.92 Å². The summed E-state index contributed by atoms with van der Waals surface area (Å²) in [7, 11) is 0. The smallest absolute Gasteiger partial charge is 0.255 e. The highest BCUT2D eigenvalue weighted by molar-refractivity contribution is 6.36. The summed E-state index contributed by atoms with van der Waals surface area (Å²) in [6.07, 6.45) is 2.08. The first-order valence-electron chi connectivity index (χ1n) is 5.92. The van der Waals surface area contributed by atoms with Gasteiger partial charge < -0.3 is 4.90 Å². The number of nitrogens with zero attached hydrogens (tertiary/aromatic N) is 1. The maximum Gasteiger partial charge on any atom is 0.255 e.